The van der Waals surface area contributed by atoms with E-state index in [2.05, 4.69) is 5.32 Å². The van der Waals surface area contributed by atoms with Crippen molar-refractivity contribution < 1.29 is 27.5 Å². The van der Waals surface area contributed by atoms with E-state index in [1.807, 2.05) is 75.4 Å². The molecule has 0 aromatic heterocycles. The number of anilines is 1. The van der Waals surface area contributed by atoms with Crippen molar-refractivity contribution >= 4 is 27.5 Å². The molecule has 0 heterocycles. The second kappa shape index (κ2) is 16.1. The van der Waals surface area contributed by atoms with Gasteiger partial charge >= 0.3 is 0 Å². The lowest BCUT2D eigenvalue weighted by Gasteiger charge is -2.35. The van der Waals surface area contributed by atoms with Gasteiger partial charge in [0, 0.05) is 25.1 Å². The van der Waals surface area contributed by atoms with Gasteiger partial charge in [0.2, 0.25) is 11.8 Å². The van der Waals surface area contributed by atoms with Gasteiger partial charge in [0.25, 0.3) is 10.0 Å². The van der Waals surface area contributed by atoms with Crippen molar-refractivity contribution in [2.75, 3.05) is 25.1 Å². The molecule has 0 aliphatic rings. The van der Waals surface area contributed by atoms with E-state index < -0.39 is 28.5 Å². The van der Waals surface area contributed by atoms with Gasteiger partial charge in [-0.15, -0.1) is 0 Å². The predicted octanol–water partition coefficient (Wildman–Crippen LogP) is 5.76. The minimum atomic E-state index is -4.30. The second-order valence-electron chi connectivity index (χ2n) is 11.3. The molecule has 2 amide bonds. The largest absolute Gasteiger partial charge is 0.497 e. The van der Waals surface area contributed by atoms with Crippen LogP contribution in [-0.2, 0) is 32.6 Å². The fourth-order valence-corrected chi connectivity index (χ4v) is 6.63. The van der Waals surface area contributed by atoms with Crippen LogP contribution in [0.1, 0.15) is 37.0 Å². The maximum Gasteiger partial charge on any atom is 0.264 e. The van der Waals surface area contributed by atoms with Crippen LogP contribution in [-0.4, -0.2) is 58.0 Å². The molecule has 4 rings (SSSR count). The Morgan fingerprint density at radius 3 is 2.11 bits per heavy atom. The fraction of sp³-hybridized carbons (Fsp3) is 0.297. The number of carbonyl (C=O) groups excluding carboxylic acids is 2. The molecule has 0 aliphatic carbocycles. The van der Waals surface area contributed by atoms with Crippen molar-refractivity contribution in [1.82, 2.24) is 10.2 Å². The number of aryl methyl sites for hydroxylation is 1. The zero-order chi connectivity index (χ0) is 34.0. The third-order valence-electron chi connectivity index (χ3n) is 8.14. The number of nitrogens with one attached hydrogen (secondary N) is 1. The number of benzene rings is 4. The Morgan fingerprint density at radius 2 is 1.49 bits per heavy atom. The van der Waals surface area contributed by atoms with Gasteiger partial charge in [-0.05, 0) is 61.2 Å². The third kappa shape index (κ3) is 8.71. The van der Waals surface area contributed by atoms with Gasteiger partial charge < -0.3 is 19.7 Å². The quantitative estimate of drug-likeness (QED) is 0.174. The average Bonchev–Trinajstić information content (AvgIpc) is 3.09. The van der Waals surface area contributed by atoms with Crippen molar-refractivity contribution in [1.29, 1.82) is 0 Å². The van der Waals surface area contributed by atoms with Crippen LogP contribution >= 0.6 is 0 Å². The Labute approximate surface area is 278 Å². The molecule has 0 aliphatic heterocycles. The van der Waals surface area contributed by atoms with Gasteiger partial charge in [-0.25, -0.2) is 8.42 Å². The molecule has 2 atom stereocenters. The molecule has 0 spiro atoms. The van der Waals surface area contributed by atoms with Crippen molar-refractivity contribution in [3.63, 3.8) is 0 Å². The maximum atomic E-state index is 14.7. The summed E-state index contributed by atoms with van der Waals surface area (Å²) in [6.45, 7) is 5.31. The van der Waals surface area contributed by atoms with Crippen LogP contribution in [0.5, 0.6) is 11.5 Å². The Hall–Kier alpha value is -4.83. The van der Waals surface area contributed by atoms with E-state index in [1.165, 1.54) is 37.3 Å². The molecule has 4 aromatic rings. The highest BCUT2D eigenvalue weighted by molar-refractivity contribution is 7.92. The Balaban J connectivity index is 1.87. The molecule has 248 valence electrons. The van der Waals surface area contributed by atoms with Crippen molar-refractivity contribution in [2.24, 2.45) is 0 Å². The molecular formula is C37H43N3O6S. The van der Waals surface area contributed by atoms with Crippen molar-refractivity contribution in [3.8, 4) is 11.5 Å². The number of hydrogen-bond acceptors (Lipinski definition) is 6. The van der Waals surface area contributed by atoms with Crippen LogP contribution in [0.2, 0.25) is 0 Å². The Bertz CT molecular complexity index is 1750. The topological polar surface area (TPSA) is 105 Å². The highest BCUT2D eigenvalue weighted by Crippen LogP contribution is 2.36. The fourth-order valence-electron chi connectivity index (χ4n) is 5.19. The lowest BCUT2D eigenvalue weighted by atomic mass is 10.0. The first-order valence-corrected chi connectivity index (χ1v) is 17.0. The molecule has 1 N–H and O–H groups in total. The van der Waals surface area contributed by atoms with Crippen molar-refractivity contribution in [2.45, 2.75) is 57.1 Å². The molecule has 0 bridgehead atoms. The number of rotatable bonds is 15. The standard InChI is InChI=1S/C37H43N3O6S/c1-6-28(3)38-37(42)34(23-29-16-9-7-10-17-29)39(25-30-18-14-13-15-27(30)2)36(41)26-40(47(43,44)32-19-11-8-12-20-32)33-24-31(45-4)21-22-35(33)46-5/h7-22,24,28,34H,6,23,25-26H2,1-5H3,(H,38,42)/t28-,34+/m0/s1. The molecule has 0 saturated heterocycles. The van der Waals surface area contributed by atoms with E-state index in [1.54, 1.807) is 30.3 Å². The second-order valence-corrected chi connectivity index (χ2v) is 13.2. The lowest BCUT2D eigenvalue weighted by Crippen LogP contribution is -2.54. The maximum absolute atomic E-state index is 14.7. The summed E-state index contributed by atoms with van der Waals surface area (Å²) in [5.74, 6) is -0.258. The van der Waals surface area contributed by atoms with E-state index >= 15 is 0 Å². The normalized spacial score (nSPS) is 12.4. The molecule has 0 unspecified atom stereocenters. The van der Waals surface area contributed by atoms with Gasteiger partial charge in [0.1, 0.15) is 24.1 Å². The first-order valence-electron chi connectivity index (χ1n) is 15.6. The summed E-state index contributed by atoms with van der Waals surface area (Å²) in [7, 11) is -1.40. The van der Waals surface area contributed by atoms with Crippen LogP contribution in [0, 0.1) is 6.92 Å². The van der Waals surface area contributed by atoms with Gasteiger partial charge in [0.05, 0.1) is 24.8 Å². The zero-order valence-electron chi connectivity index (χ0n) is 27.6. The lowest BCUT2D eigenvalue weighted by molar-refractivity contribution is -0.140. The molecular weight excluding hydrogens is 614 g/mol. The van der Waals surface area contributed by atoms with Crippen LogP contribution < -0.4 is 19.1 Å². The van der Waals surface area contributed by atoms with E-state index in [0.29, 0.717) is 12.2 Å². The highest BCUT2D eigenvalue weighted by atomic mass is 32.2. The van der Waals surface area contributed by atoms with E-state index in [0.717, 1.165) is 21.0 Å². The first kappa shape index (κ1) is 35.0. The van der Waals surface area contributed by atoms with Gasteiger partial charge in [0.15, 0.2) is 0 Å². The summed E-state index contributed by atoms with van der Waals surface area (Å²) in [6, 6.07) is 28.7. The Morgan fingerprint density at radius 1 is 0.851 bits per heavy atom. The molecule has 4 aromatic carbocycles. The van der Waals surface area contributed by atoms with Gasteiger partial charge in [-0.3, -0.25) is 13.9 Å². The molecule has 0 radical (unpaired) electrons. The van der Waals surface area contributed by atoms with E-state index in [4.69, 9.17) is 9.47 Å². The molecule has 0 saturated carbocycles. The summed E-state index contributed by atoms with van der Waals surface area (Å²) in [5.41, 5.74) is 2.77. The van der Waals surface area contributed by atoms with Gasteiger partial charge in [-0.1, -0.05) is 79.7 Å². The van der Waals surface area contributed by atoms with Crippen LogP contribution in [0.3, 0.4) is 0 Å². The van der Waals surface area contributed by atoms with Crippen LogP contribution in [0.4, 0.5) is 5.69 Å². The molecule has 9 nitrogen and oxygen atoms in total. The molecule has 0 fully saturated rings. The predicted molar refractivity (Wildman–Crippen MR) is 184 cm³/mol. The average molecular weight is 658 g/mol. The number of sulfonamides is 1. The summed E-state index contributed by atoms with van der Waals surface area (Å²) < 4.78 is 40.7. The van der Waals surface area contributed by atoms with Gasteiger partial charge in [-0.2, -0.15) is 0 Å². The number of amides is 2. The van der Waals surface area contributed by atoms with E-state index in [-0.39, 0.29) is 41.2 Å². The van der Waals surface area contributed by atoms with Crippen molar-refractivity contribution in [3.05, 3.63) is 120 Å². The number of hydrogen-bond donors (Lipinski definition) is 1. The number of carbonyl (C=O) groups is 2. The smallest absolute Gasteiger partial charge is 0.264 e. The van der Waals surface area contributed by atoms with E-state index in [9.17, 15) is 18.0 Å². The molecule has 47 heavy (non-hydrogen) atoms. The minimum absolute atomic E-state index is 0.00141. The summed E-state index contributed by atoms with van der Waals surface area (Å²) in [5, 5.41) is 3.06. The first-order chi connectivity index (χ1) is 22.6. The third-order valence-corrected chi connectivity index (χ3v) is 9.91. The SMILES string of the molecule is CC[C@H](C)NC(=O)[C@@H](Cc1ccccc1)N(Cc1ccccc1C)C(=O)CN(c1cc(OC)ccc1OC)S(=O)(=O)c1ccccc1. The number of methoxy groups -OCH3 is 2. The van der Waals surface area contributed by atoms with Crippen LogP contribution in [0.25, 0.3) is 0 Å². The monoisotopic (exact) mass is 657 g/mol. The molecule has 10 heteroatoms. The summed E-state index contributed by atoms with van der Waals surface area (Å²) in [6.07, 6.45) is 0.933. The summed E-state index contributed by atoms with van der Waals surface area (Å²) >= 11 is 0. The highest BCUT2D eigenvalue weighted by Gasteiger charge is 2.36. The number of ether oxygens (including phenoxy) is 2. The van der Waals surface area contributed by atoms with Crippen LogP contribution in [0.15, 0.2) is 108 Å². The minimum Gasteiger partial charge on any atom is -0.497 e. The zero-order valence-corrected chi connectivity index (χ0v) is 28.4. The number of nitrogens with zero attached hydrogens (tertiary/aromatic N) is 2. The summed E-state index contributed by atoms with van der Waals surface area (Å²) in [4.78, 5) is 30.2. The Kier molecular flexibility index (Phi) is 12.0.